The molecule has 0 spiro atoms. The summed E-state index contributed by atoms with van der Waals surface area (Å²) in [5, 5.41) is 0. The number of likely N-dealkylation sites (tertiary alicyclic amines) is 1. The first-order valence-corrected chi connectivity index (χ1v) is 7.75. The first-order valence-electron chi connectivity index (χ1n) is 7.75. The molecule has 1 aliphatic rings. The largest absolute Gasteiger partial charge is 0.452 e. The van der Waals surface area contributed by atoms with Gasteiger partial charge in [0.25, 0.3) is 11.8 Å². The number of piperidine rings is 1. The summed E-state index contributed by atoms with van der Waals surface area (Å²) in [5.41, 5.74) is 6.71. The predicted molar refractivity (Wildman–Crippen MR) is 84.6 cm³/mol. The molecule has 0 aliphatic carbocycles. The molecule has 0 aromatic heterocycles. The first-order chi connectivity index (χ1) is 10.9. The molecule has 2 N–H and O–H groups in total. The van der Waals surface area contributed by atoms with Gasteiger partial charge in [-0.05, 0) is 38.3 Å². The molecule has 1 atom stereocenters. The van der Waals surface area contributed by atoms with E-state index in [1.54, 1.807) is 4.90 Å². The van der Waals surface area contributed by atoms with Crippen LogP contribution in [-0.4, -0.2) is 41.9 Å². The molecule has 1 saturated heterocycles. The van der Waals surface area contributed by atoms with Crippen molar-refractivity contribution >= 4 is 17.8 Å². The normalized spacial score (nSPS) is 16.7. The van der Waals surface area contributed by atoms with E-state index >= 15 is 0 Å². The number of hydrogen-bond donors (Lipinski definition) is 1. The van der Waals surface area contributed by atoms with Crippen LogP contribution in [0.4, 0.5) is 0 Å². The maximum Gasteiger partial charge on any atom is 0.309 e. The lowest BCUT2D eigenvalue weighted by Crippen LogP contribution is -2.42. The zero-order chi connectivity index (χ0) is 17.0. The molecule has 1 aliphatic heterocycles. The van der Waals surface area contributed by atoms with Crippen LogP contribution >= 0.6 is 0 Å². The van der Waals surface area contributed by atoms with Crippen LogP contribution in [0.25, 0.3) is 0 Å². The molecule has 0 saturated carbocycles. The number of nitrogens with two attached hydrogens (primary N) is 1. The maximum absolute atomic E-state index is 12.5. The van der Waals surface area contributed by atoms with Crippen molar-refractivity contribution in [2.24, 2.45) is 11.7 Å². The fraction of sp³-hybridized carbons (Fsp3) is 0.471. The molecule has 6 nitrogen and oxygen atoms in total. The van der Waals surface area contributed by atoms with Gasteiger partial charge in [0.2, 0.25) is 0 Å². The van der Waals surface area contributed by atoms with E-state index in [1.807, 2.05) is 31.2 Å². The van der Waals surface area contributed by atoms with Gasteiger partial charge in [-0.25, -0.2) is 0 Å². The fourth-order valence-corrected chi connectivity index (χ4v) is 2.63. The number of esters is 1. The van der Waals surface area contributed by atoms with Crippen LogP contribution in [0, 0.1) is 12.8 Å². The summed E-state index contributed by atoms with van der Waals surface area (Å²) in [6.07, 6.45) is 0.137. The Morgan fingerprint density at radius 1 is 1.22 bits per heavy atom. The summed E-state index contributed by atoms with van der Waals surface area (Å²) in [5.74, 6) is -1.39. The van der Waals surface area contributed by atoms with E-state index in [1.165, 1.54) is 6.92 Å². The van der Waals surface area contributed by atoms with E-state index in [9.17, 15) is 14.4 Å². The average Bonchev–Trinajstić information content (AvgIpc) is 2.54. The molecule has 124 valence electrons. The van der Waals surface area contributed by atoms with Crippen molar-refractivity contribution in [3.8, 4) is 0 Å². The Bertz CT molecular complexity index is 606. The molecule has 1 aromatic carbocycles. The van der Waals surface area contributed by atoms with Crippen LogP contribution in [0.15, 0.2) is 24.3 Å². The van der Waals surface area contributed by atoms with Gasteiger partial charge in [0, 0.05) is 18.7 Å². The Morgan fingerprint density at radius 3 is 2.39 bits per heavy atom. The monoisotopic (exact) mass is 318 g/mol. The number of rotatable bonds is 4. The second kappa shape index (κ2) is 7.26. The van der Waals surface area contributed by atoms with Gasteiger partial charge >= 0.3 is 5.97 Å². The van der Waals surface area contributed by atoms with Crippen molar-refractivity contribution in [3.05, 3.63) is 35.4 Å². The Labute approximate surface area is 135 Å². The third kappa shape index (κ3) is 4.09. The lowest BCUT2D eigenvalue weighted by Gasteiger charge is -2.31. The van der Waals surface area contributed by atoms with Crippen molar-refractivity contribution in [1.82, 2.24) is 4.90 Å². The summed E-state index contributed by atoms with van der Waals surface area (Å²) >= 11 is 0. The van der Waals surface area contributed by atoms with Crippen molar-refractivity contribution in [3.63, 3.8) is 0 Å². The summed E-state index contributed by atoms with van der Waals surface area (Å²) in [7, 11) is 0. The molecule has 1 heterocycles. The third-order valence-electron chi connectivity index (χ3n) is 4.18. The number of amides is 2. The molecule has 6 heteroatoms. The Balaban J connectivity index is 1.91. The van der Waals surface area contributed by atoms with Gasteiger partial charge < -0.3 is 15.4 Å². The minimum absolute atomic E-state index is 0.0135. The molecule has 2 amide bonds. The molecular weight excluding hydrogens is 296 g/mol. The van der Waals surface area contributed by atoms with Gasteiger partial charge in [-0.3, -0.25) is 14.4 Å². The second-order valence-corrected chi connectivity index (χ2v) is 5.86. The molecule has 2 rings (SSSR count). The molecular formula is C17H22N2O4. The molecule has 1 aromatic rings. The molecule has 1 fully saturated rings. The van der Waals surface area contributed by atoms with Crippen molar-refractivity contribution < 1.29 is 19.1 Å². The molecule has 0 radical (unpaired) electrons. The van der Waals surface area contributed by atoms with Crippen LogP contribution in [0.1, 0.15) is 35.7 Å². The van der Waals surface area contributed by atoms with Crippen LogP contribution in [0.3, 0.4) is 0 Å². The van der Waals surface area contributed by atoms with Gasteiger partial charge in [-0.15, -0.1) is 0 Å². The van der Waals surface area contributed by atoms with Gasteiger partial charge in [-0.2, -0.15) is 0 Å². The average molecular weight is 318 g/mol. The van der Waals surface area contributed by atoms with Crippen molar-refractivity contribution in [2.75, 3.05) is 13.1 Å². The highest BCUT2D eigenvalue weighted by Crippen LogP contribution is 2.21. The fourth-order valence-electron chi connectivity index (χ4n) is 2.63. The van der Waals surface area contributed by atoms with E-state index in [0.717, 1.165) is 5.56 Å². The van der Waals surface area contributed by atoms with E-state index < -0.39 is 18.0 Å². The Kier molecular flexibility index (Phi) is 5.36. The first kappa shape index (κ1) is 17.0. The van der Waals surface area contributed by atoms with Gasteiger partial charge in [0.05, 0.1) is 5.92 Å². The van der Waals surface area contributed by atoms with Crippen LogP contribution < -0.4 is 5.73 Å². The maximum atomic E-state index is 12.5. The topological polar surface area (TPSA) is 89.7 Å². The van der Waals surface area contributed by atoms with Gasteiger partial charge in [0.1, 0.15) is 0 Å². The SMILES string of the molecule is Cc1ccccc1C(=O)N1CCC(C(=O)O[C@H](C)C(N)=O)CC1. The molecule has 23 heavy (non-hydrogen) atoms. The standard InChI is InChI=1S/C17H22N2O4/c1-11-5-3-4-6-14(11)16(21)19-9-7-13(8-10-19)17(22)23-12(2)15(18)20/h3-6,12-13H,7-10H2,1-2H3,(H2,18,20)/t12-/m1/s1. The quantitative estimate of drug-likeness (QED) is 0.846. The number of primary amides is 1. The van der Waals surface area contributed by atoms with E-state index in [2.05, 4.69) is 0 Å². The van der Waals surface area contributed by atoms with Crippen LogP contribution in [0.5, 0.6) is 0 Å². The zero-order valence-electron chi connectivity index (χ0n) is 13.5. The molecule has 0 unspecified atom stereocenters. The lowest BCUT2D eigenvalue weighted by molar-refractivity contribution is -0.159. The van der Waals surface area contributed by atoms with Crippen LogP contribution in [-0.2, 0) is 14.3 Å². The number of carbonyl (C=O) groups excluding carboxylic acids is 3. The Hall–Kier alpha value is -2.37. The highest BCUT2D eigenvalue weighted by atomic mass is 16.5. The third-order valence-corrected chi connectivity index (χ3v) is 4.18. The van der Waals surface area contributed by atoms with E-state index in [4.69, 9.17) is 10.5 Å². The number of carbonyl (C=O) groups is 3. The number of benzene rings is 1. The summed E-state index contributed by atoms with van der Waals surface area (Å²) in [4.78, 5) is 37.2. The van der Waals surface area contributed by atoms with Gasteiger partial charge in [0.15, 0.2) is 6.10 Å². The summed E-state index contributed by atoms with van der Waals surface area (Å²) in [6.45, 7) is 4.36. The predicted octanol–water partition coefficient (Wildman–Crippen LogP) is 1.26. The number of nitrogens with zero attached hydrogens (tertiary/aromatic N) is 1. The summed E-state index contributed by atoms with van der Waals surface area (Å²) in [6, 6.07) is 7.46. The molecule has 0 bridgehead atoms. The number of ether oxygens (including phenoxy) is 1. The lowest BCUT2D eigenvalue weighted by atomic mass is 9.96. The number of hydrogen-bond acceptors (Lipinski definition) is 4. The van der Waals surface area contributed by atoms with Crippen LogP contribution in [0.2, 0.25) is 0 Å². The van der Waals surface area contributed by atoms with Crippen molar-refractivity contribution in [1.29, 1.82) is 0 Å². The summed E-state index contributed by atoms with van der Waals surface area (Å²) < 4.78 is 5.03. The van der Waals surface area contributed by atoms with Crippen molar-refractivity contribution in [2.45, 2.75) is 32.8 Å². The van der Waals surface area contributed by atoms with E-state index in [-0.39, 0.29) is 11.8 Å². The minimum atomic E-state index is -0.922. The van der Waals surface area contributed by atoms with Gasteiger partial charge in [-0.1, -0.05) is 18.2 Å². The smallest absolute Gasteiger partial charge is 0.309 e. The zero-order valence-corrected chi connectivity index (χ0v) is 13.5. The Morgan fingerprint density at radius 2 is 1.83 bits per heavy atom. The number of aryl methyl sites for hydroxylation is 1. The highest BCUT2D eigenvalue weighted by molar-refractivity contribution is 5.95. The van der Waals surface area contributed by atoms with E-state index in [0.29, 0.717) is 31.5 Å². The second-order valence-electron chi connectivity index (χ2n) is 5.86. The highest BCUT2D eigenvalue weighted by Gasteiger charge is 2.30. The minimum Gasteiger partial charge on any atom is -0.452 e.